The number of aromatic carboxylic acids is 1. The van der Waals surface area contributed by atoms with E-state index in [1.54, 1.807) is 24.3 Å². The van der Waals surface area contributed by atoms with Gasteiger partial charge in [-0.15, -0.1) is 0 Å². The second-order valence-corrected chi connectivity index (χ2v) is 3.46. The first-order chi connectivity index (χ1) is 7.59. The molecule has 0 amide bonds. The monoisotopic (exact) mass is 216 g/mol. The fraction of sp³-hybridized carbons (Fsp3) is 0. The Kier molecular flexibility index (Phi) is 2.64. The highest BCUT2D eigenvalue weighted by Gasteiger charge is 2.14. The van der Waals surface area contributed by atoms with Crippen molar-refractivity contribution in [3.63, 3.8) is 0 Å². The van der Waals surface area contributed by atoms with Gasteiger partial charge >= 0.3 is 13.1 Å². The van der Waals surface area contributed by atoms with E-state index in [9.17, 15) is 4.79 Å². The zero-order valence-electron chi connectivity index (χ0n) is 8.29. The third kappa shape index (κ3) is 1.78. The molecule has 2 aromatic carbocycles. The molecule has 0 aliphatic rings. The quantitative estimate of drug-likeness (QED) is 0.627. The van der Waals surface area contributed by atoms with Gasteiger partial charge in [-0.25, -0.2) is 4.79 Å². The fourth-order valence-corrected chi connectivity index (χ4v) is 1.64. The third-order valence-corrected chi connectivity index (χ3v) is 2.43. The molecule has 0 aromatic heterocycles. The summed E-state index contributed by atoms with van der Waals surface area (Å²) in [5.41, 5.74) is 0.432. The summed E-state index contributed by atoms with van der Waals surface area (Å²) in [6.45, 7) is 0. The van der Waals surface area contributed by atoms with Crippen molar-refractivity contribution in [2.24, 2.45) is 0 Å². The Balaban J connectivity index is 2.73. The van der Waals surface area contributed by atoms with E-state index in [0.29, 0.717) is 5.39 Å². The molecule has 0 spiro atoms. The minimum absolute atomic E-state index is 0.153. The average molecular weight is 216 g/mol. The standard InChI is InChI=1S/C11H9BO4/c13-11(14)9-3-1-2-7-4-5-8(12(15)16)6-10(7)9/h1-6,15-16H,(H,13,14). The van der Waals surface area contributed by atoms with Gasteiger partial charge in [0.25, 0.3) is 0 Å². The Labute approximate surface area is 91.9 Å². The van der Waals surface area contributed by atoms with Crippen molar-refractivity contribution in [2.45, 2.75) is 0 Å². The van der Waals surface area contributed by atoms with Crippen LogP contribution in [0.5, 0.6) is 0 Å². The van der Waals surface area contributed by atoms with E-state index >= 15 is 0 Å². The maximum Gasteiger partial charge on any atom is 0.488 e. The first-order valence-corrected chi connectivity index (χ1v) is 4.71. The lowest BCUT2D eigenvalue weighted by molar-refractivity contribution is 0.0699. The van der Waals surface area contributed by atoms with Gasteiger partial charge in [0.05, 0.1) is 5.56 Å². The van der Waals surface area contributed by atoms with Crippen LogP contribution < -0.4 is 5.46 Å². The maximum absolute atomic E-state index is 11.0. The van der Waals surface area contributed by atoms with Crippen LogP contribution in [-0.2, 0) is 0 Å². The van der Waals surface area contributed by atoms with Gasteiger partial charge in [0.2, 0.25) is 0 Å². The van der Waals surface area contributed by atoms with E-state index in [0.717, 1.165) is 5.39 Å². The third-order valence-electron chi connectivity index (χ3n) is 2.43. The second kappa shape index (κ2) is 3.96. The lowest BCUT2D eigenvalue weighted by Crippen LogP contribution is -2.29. The zero-order chi connectivity index (χ0) is 11.7. The molecule has 5 heteroatoms. The van der Waals surface area contributed by atoms with Crippen LogP contribution in [0, 0.1) is 0 Å². The number of rotatable bonds is 2. The van der Waals surface area contributed by atoms with Crippen molar-refractivity contribution in [3.05, 3.63) is 42.0 Å². The molecule has 0 saturated heterocycles. The van der Waals surface area contributed by atoms with E-state index in [1.165, 1.54) is 12.1 Å². The Morgan fingerprint density at radius 2 is 1.88 bits per heavy atom. The molecule has 0 aliphatic heterocycles. The number of benzene rings is 2. The lowest BCUT2D eigenvalue weighted by atomic mass is 9.79. The first-order valence-electron chi connectivity index (χ1n) is 4.71. The van der Waals surface area contributed by atoms with Crippen molar-refractivity contribution in [1.29, 1.82) is 0 Å². The number of hydrogen-bond donors (Lipinski definition) is 3. The van der Waals surface area contributed by atoms with Gasteiger partial charge in [0.1, 0.15) is 0 Å². The summed E-state index contributed by atoms with van der Waals surface area (Å²) in [7, 11) is -1.59. The van der Waals surface area contributed by atoms with E-state index < -0.39 is 13.1 Å². The molecule has 0 bridgehead atoms. The van der Waals surface area contributed by atoms with Gasteiger partial charge in [-0.2, -0.15) is 0 Å². The molecular formula is C11H9BO4. The summed E-state index contributed by atoms with van der Waals surface area (Å²) in [6.07, 6.45) is 0. The molecule has 0 aliphatic carbocycles. The predicted molar refractivity (Wildman–Crippen MR) is 60.7 cm³/mol. The van der Waals surface area contributed by atoms with Crippen molar-refractivity contribution in [3.8, 4) is 0 Å². The van der Waals surface area contributed by atoms with Crippen LogP contribution in [0.25, 0.3) is 10.8 Å². The molecule has 2 aromatic rings. The van der Waals surface area contributed by atoms with Crippen LogP contribution >= 0.6 is 0 Å². The molecular weight excluding hydrogens is 207 g/mol. The molecule has 0 fully saturated rings. The fourth-order valence-electron chi connectivity index (χ4n) is 1.64. The van der Waals surface area contributed by atoms with E-state index in [4.69, 9.17) is 15.2 Å². The summed E-state index contributed by atoms with van der Waals surface area (Å²) in [5, 5.41) is 28.3. The Bertz CT molecular complexity index is 551. The molecule has 3 N–H and O–H groups in total. The molecule has 4 nitrogen and oxygen atoms in total. The van der Waals surface area contributed by atoms with Crippen LogP contribution in [0.15, 0.2) is 36.4 Å². The summed E-state index contributed by atoms with van der Waals surface area (Å²) in [5.74, 6) is -1.03. The number of carboxylic acid groups (broad SMARTS) is 1. The number of carboxylic acids is 1. The van der Waals surface area contributed by atoms with Gasteiger partial charge in [0.15, 0.2) is 0 Å². The largest absolute Gasteiger partial charge is 0.488 e. The van der Waals surface area contributed by atoms with E-state index in [-0.39, 0.29) is 11.0 Å². The van der Waals surface area contributed by atoms with Gasteiger partial charge in [-0.3, -0.25) is 0 Å². The Hall–Kier alpha value is -1.85. The molecule has 0 unspecified atom stereocenters. The van der Waals surface area contributed by atoms with Crippen molar-refractivity contribution < 1.29 is 19.9 Å². The van der Waals surface area contributed by atoms with Crippen LogP contribution in [-0.4, -0.2) is 28.2 Å². The predicted octanol–water partition coefficient (Wildman–Crippen LogP) is 0.218. The summed E-state index contributed by atoms with van der Waals surface area (Å²) >= 11 is 0. The Morgan fingerprint density at radius 3 is 2.50 bits per heavy atom. The molecule has 80 valence electrons. The number of fused-ring (bicyclic) bond motifs is 1. The van der Waals surface area contributed by atoms with Gasteiger partial charge in [-0.05, 0) is 22.3 Å². The summed E-state index contributed by atoms with van der Waals surface area (Å²) < 4.78 is 0. The minimum atomic E-state index is -1.59. The van der Waals surface area contributed by atoms with Gasteiger partial charge in [-0.1, -0.05) is 30.3 Å². The lowest BCUT2D eigenvalue weighted by Gasteiger charge is -2.05. The topological polar surface area (TPSA) is 77.8 Å². The average Bonchev–Trinajstić information content (AvgIpc) is 2.27. The maximum atomic E-state index is 11.0. The molecule has 16 heavy (non-hydrogen) atoms. The molecule has 0 radical (unpaired) electrons. The van der Waals surface area contributed by atoms with Crippen LogP contribution in [0.3, 0.4) is 0 Å². The molecule has 0 atom stereocenters. The van der Waals surface area contributed by atoms with Gasteiger partial charge < -0.3 is 15.2 Å². The minimum Gasteiger partial charge on any atom is -0.478 e. The number of carbonyl (C=O) groups is 1. The molecule has 0 saturated carbocycles. The van der Waals surface area contributed by atoms with E-state index in [2.05, 4.69) is 0 Å². The highest BCUT2D eigenvalue weighted by atomic mass is 16.4. The molecule has 0 heterocycles. The number of hydrogen-bond acceptors (Lipinski definition) is 3. The van der Waals surface area contributed by atoms with Crippen molar-refractivity contribution in [2.75, 3.05) is 0 Å². The highest BCUT2D eigenvalue weighted by molar-refractivity contribution is 6.59. The highest BCUT2D eigenvalue weighted by Crippen LogP contribution is 2.17. The SMILES string of the molecule is O=C(O)c1cccc2ccc(B(O)O)cc12. The van der Waals surface area contributed by atoms with Gasteiger partial charge in [0, 0.05) is 0 Å². The van der Waals surface area contributed by atoms with Crippen LogP contribution in [0.4, 0.5) is 0 Å². The van der Waals surface area contributed by atoms with Crippen LogP contribution in [0.2, 0.25) is 0 Å². The smallest absolute Gasteiger partial charge is 0.478 e. The Morgan fingerprint density at radius 1 is 1.12 bits per heavy atom. The van der Waals surface area contributed by atoms with Crippen molar-refractivity contribution in [1.82, 2.24) is 0 Å². The second-order valence-electron chi connectivity index (χ2n) is 3.46. The normalized spacial score (nSPS) is 10.4. The molecule has 2 rings (SSSR count). The van der Waals surface area contributed by atoms with Crippen molar-refractivity contribution >= 4 is 29.3 Å². The van der Waals surface area contributed by atoms with Crippen LogP contribution in [0.1, 0.15) is 10.4 Å². The first kappa shape index (κ1) is 10.7. The summed E-state index contributed by atoms with van der Waals surface area (Å²) in [6, 6.07) is 9.60. The summed E-state index contributed by atoms with van der Waals surface area (Å²) in [4.78, 5) is 11.0. The zero-order valence-corrected chi connectivity index (χ0v) is 8.29. The van der Waals surface area contributed by atoms with E-state index in [1.807, 2.05) is 0 Å².